The molecule has 0 aliphatic carbocycles. The van der Waals surface area contributed by atoms with E-state index in [1.54, 1.807) is 4.68 Å². The third-order valence-corrected chi connectivity index (χ3v) is 6.06. The van der Waals surface area contributed by atoms with Gasteiger partial charge in [-0.15, -0.1) is 5.10 Å². The number of rotatable bonds is 5. The number of hydrogen-bond donors (Lipinski definition) is 2. The third kappa shape index (κ3) is 4.48. The number of hydrogen-bond acceptors (Lipinski definition) is 6. The van der Waals surface area contributed by atoms with Crippen molar-refractivity contribution in [2.45, 2.75) is 20.4 Å². The fourth-order valence-electron chi connectivity index (χ4n) is 4.21. The first kappa shape index (κ1) is 21.2. The van der Waals surface area contributed by atoms with Crippen LogP contribution in [0, 0.1) is 13.8 Å². The number of benzene rings is 2. The molecule has 3 heterocycles. The summed E-state index contributed by atoms with van der Waals surface area (Å²) in [4.78, 5) is 20.0. The molecule has 0 radical (unpaired) electrons. The fraction of sp³-hybridized carbons (Fsp3) is 0.280. The van der Waals surface area contributed by atoms with Crippen molar-refractivity contribution < 1.29 is 4.79 Å². The van der Waals surface area contributed by atoms with Crippen molar-refractivity contribution >= 4 is 22.6 Å². The van der Waals surface area contributed by atoms with E-state index in [9.17, 15) is 4.79 Å². The number of aromatic nitrogens is 4. The van der Waals surface area contributed by atoms with E-state index < -0.39 is 0 Å². The van der Waals surface area contributed by atoms with E-state index >= 15 is 0 Å². The Balaban J connectivity index is 1.32. The van der Waals surface area contributed by atoms with E-state index in [1.807, 2.05) is 56.3 Å². The second kappa shape index (κ2) is 9.09. The smallest absolute Gasteiger partial charge is 0.279 e. The van der Waals surface area contributed by atoms with E-state index in [-0.39, 0.29) is 11.6 Å². The summed E-state index contributed by atoms with van der Waals surface area (Å²) in [6.45, 7) is 8.99. The Morgan fingerprint density at radius 2 is 1.88 bits per heavy atom. The van der Waals surface area contributed by atoms with Gasteiger partial charge in [0.1, 0.15) is 5.82 Å². The molecule has 33 heavy (non-hydrogen) atoms. The summed E-state index contributed by atoms with van der Waals surface area (Å²) in [5.41, 5.74) is 5.04. The Labute approximate surface area is 192 Å². The van der Waals surface area contributed by atoms with Gasteiger partial charge in [-0.3, -0.25) is 9.69 Å². The number of nitrogens with zero attached hydrogens (tertiary/aromatic N) is 5. The van der Waals surface area contributed by atoms with Gasteiger partial charge in [0.2, 0.25) is 0 Å². The number of nitrogens with one attached hydrogen (secondary N) is 2. The van der Waals surface area contributed by atoms with Crippen LogP contribution in [0.15, 0.2) is 54.6 Å². The fourth-order valence-corrected chi connectivity index (χ4v) is 4.21. The van der Waals surface area contributed by atoms with Crippen molar-refractivity contribution in [2.24, 2.45) is 0 Å². The largest absolute Gasteiger partial charge is 0.314 e. The first-order valence-electron chi connectivity index (χ1n) is 11.2. The molecule has 4 aromatic rings. The normalized spacial score (nSPS) is 14.5. The average molecular weight is 442 g/mol. The van der Waals surface area contributed by atoms with E-state index in [4.69, 9.17) is 0 Å². The quantitative estimate of drug-likeness (QED) is 0.495. The maximum atomic E-state index is 12.9. The standard InChI is InChI=1S/C25H27N7O/c1-17-5-3-4-6-22(17)32-18(2)24(29-30-32)25(33)28-23-10-8-20-15-19(7-9-21(20)27-23)16-31-13-11-26-12-14-31/h3-10,15,26H,11-14,16H2,1-2H3,(H,27,28,33). The van der Waals surface area contributed by atoms with Gasteiger partial charge in [-0.05, 0) is 55.3 Å². The zero-order valence-corrected chi connectivity index (χ0v) is 18.9. The molecule has 8 nitrogen and oxygen atoms in total. The van der Waals surface area contributed by atoms with Crippen LogP contribution in [0.3, 0.4) is 0 Å². The lowest BCUT2D eigenvalue weighted by atomic mass is 10.1. The van der Waals surface area contributed by atoms with Crippen LogP contribution in [0.5, 0.6) is 0 Å². The van der Waals surface area contributed by atoms with Gasteiger partial charge in [0.05, 0.1) is 16.9 Å². The van der Waals surface area contributed by atoms with E-state index in [0.717, 1.165) is 54.9 Å². The highest BCUT2D eigenvalue weighted by atomic mass is 16.2. The third-order valence-electron chi connectivity index (χ3n) is 6.06. The molecule has 2 aromatic heterocycles. The maximum Gasteiger partial charge on any atom is 0.279 e. The highest BCUT2D eigenvalue weighted by molar-refractivity contribution is 6.03. The molecule has 1 aliphatic rings. The summed E-state index contributed by atoms with van der Waals surface area (Å²) >= 11 is 0. The number of carbonyl (C=O) groups is 1. The van der Waals surface area contributed by atoms with Crippen LogP contribution in [-0.4, -0.2) is 57.0 Å². The van der Waals surface area contributed by atoms with Crippen LogP contribution in [0.2, 0.25) is 0 Å². The molecule has 0 saturated carbocycles. The van der Waals surface area contributed by atoms with Gasteiger partial charge in [0.25, 0.3) is 5.91 Å². The van der Waals surface area contributed by atoms with Crippen LogP contribution < -0.4 is 10.6 Å². The second-order valence-corrected chi connectivity index (χ2v) is 8.43. The van der Waals surface area contributed by atoms with Crippen molar-refractivity contribution in [3.63, 3.8) is 0 Å². The molecule has 2 aromatic carbocycles. The first-order chi connectivity index (χ1) is 16.1. The number of pyridine rings is 1. The van der Waals surface area contributed by atoms with Crippen LogP contribution in [0.4, 0.5) is 5.82 Å². The molecular weight excluding hydrogens is 414 g/mol. The minimum absolute atomic E-state index is 0.284. The zero-order chi connectivity index (χ0) is 22.8. The highest BCUT2D eigenvalue weighted by Crippen LogP contribution is 2.20. The number of anilines is 1. The molecule has 1 amide bonds. The van der Waals surface area contributed by atoms with Crippen LogP contribution >= 0.6 is 0 Å². The Morgan fingerprint density at radius 3 is 2.70 bits per heavy atom. The van der Waals surface area contributed by atoms with Crippen molar-refractivity contribution in [1.29, 1.82) is 0 Å². The topological polar surface area (TPSA) is 88.0 Å². The van der Waals surface area contributed by atoms with Crippen molar-refractivity contribution in [2.75, 3.05) is 31.5 Å². The summed E-state index contributed by atoms with van der Waals surface area (Å²) in [6, 6.07) is 18.0. The first-order valence-corrected chi connectivity index (χ1v) is 11.2. The van der Waals surface area contributed by atoms with Crippen LogP contribution in [0.1, 0.15) is 27.3 Å². The van der Waals surface area contributed by atoms with Crippen molar-refractivity contribution in [3.05, 3.63) is 77.1 Å². The van der Waals surface area contributed by atoms with E-state index in [2.05, 4.69) is 43.0 Å². The van der Waals surface area contributed by atoms with Crippen molar-refractivity contribution in [1.82, 2.24) is 30.2 Å². The number of amides is 1. The van der Waals surface area contributed by atoms with Gasteiger partial charge in [-0.1, -0.05) is 29.5 Å². The Hall–Kier alpha value is -3.62. The number of para-hydroxylation sites is 1. The monoisotopic (exact) mass is 441 g/mol. The molecule has 1 fully saturated rings. The number of piperazine rings is 1. The van der Waals surface area contributed by atoms with Crippen molar-refractivity contribution in [3.8, 4) is 5.69 Å². The lowest BCUT2D eigenvalue weighted by Gasteiger charge is -2.27. The predicted molar refractivity (Wildman–Crippen MR) is 129 cm³/mol. The van der Waals surface area contributed by atoms with Gasteiger partial charge in [-0.2, -0.15) is 0 Å². The number of carbonyl (C=O) groups excluding carboxylic acids is 1. The zero-order valence-electron chi connectivity index (χ0n) is 18.9. The molecule has 0 bridgehead atoms. The van der Waals surface area contributed by atoms with Gasteiger partial charge in [0.15, 0.2) is 5.69 Å². The minimum Gasteiger partial charge on any atom is -0.314 e. The summed E-state index contributed by atoms with van der Waals surface area (Å²) in [5.74, 6) is 0.168. The Kier molecular flexibility index (Phi) is 5.85. The van der Waals surface area contributed by atoms with Crippen LogP contribution in [-0.2, 0) is 6.54 Å². The Bertz CT molecular complexity index is 1310. The molecule has 0 spiro atoms. The lowest BCUT2D eigenvalue weighted by molar-refractivity contribution is 0.102. The van der Waals surface area contributed by atoms with Crippen LogP contribution in [0.25, 0.3) is 16.6 Å². The molecule has 8 heteroatoms. The summed E-state index contributed by atoms with van der Waals surface area (Å²) in [5, 5.41) is 15.6. The molecule has 0 atom stereocenters. The molecule has 2 N–H and O–H groups in total. The maximum absolute atomic E-state index is 12.9. The predicted octanol–water partition coefficient (Wildman–Crippen LogP) is 3.09. The SMILES string of the molecule is Cc1ccccc1-n1nnc(C(=O)Nc2ccc3cc(CN4CCNCC4)ccc3n2)c1C. The van der Waals surface area contributed by atoms with Gasteiger partial charge < -0.3 is 10.6 Å². The molecule has 168 valence electrons. The summed E-state index contributed by atoms with van der Waals surface area (Å²) in [6.07, 6.45) is 0. The molecule has 5 rings (SSSR count). The lowest BCUT2D eigenvalue weighted by Crippen LogP contribution is -2.42. The molecular formula is C25H27N7O. The van der Waals surface area contributed by atoms with E-state index in [1.165, 1.54) is 5.56 Å². The average Bonchev–Trinajstić information content (AvgIpc) is 3.21. The summed E-state index contributed by atoms with van der Waals surface area (Å²) in [7, 11) is 0. The second-order valence-electron chi connectivity index (χ2n) is 8.43. The molecule has 1 saturated heterocycles. The van der Waals surface area contributed by atoms with Gasteiger partial charge in [-0.25, -0.2) is 9.67 Å². The van der Waals surface area contributed by atoms with Gasteiger partial charge in [0, 0.05) is 38.1 Å². The Morgan fingerprint density at radius 1 is 1.06 bits per heavy atom. The van der Waals surface area contributed by atoms with E-state index in [0.29, 0.717) is 11.5 Å². The molecule has 1 aliphatic heterocycles. The summed E-state index contributed by atoms with van der Waals surface area (Å²) < 4.78 is 1.69. The minimum atomic E-state index is -0.325. The number of fused-ring (bicyclic) bond motifs is 1. The highest BCUT2D eigenvalue weighted by Gasteiger charge is 2.19. The molecule has 0 unspecified atom stereocenters. The number of aryl methyl sites for hydroxylation is 1. The van der Waals surface area contributed by atoms with Gasteiger partial charge >= 0.3 is 0 Å².